The van der Waals surface area contributed by atoms with E-state index in [1.54, 1.807) is 5.56 Å². The predicted molar refractivity (Wildman–Crippen MR) is 70.0 cm³/mol. The molecule has 1 heterocycles. The minimum absolute atomic E-state index is 0.655. The molecule has 3 rings (SSSR count). The summed E-state index contributed by atoms with van der Waals surface area (Å²) in [5.41, 5.74) is 2.26. The van der Waals surface area contributed by atoms with Gasteiger partial charge in [-0.15, -0.1) is 11.8 Å². The van der Waals surface area contributed by atoms with Crippen molar-refractivity contribution >= 4 is 27.7 Å². The highest BCUT2D eigenvalue weighted by Crippen LogP contribution is 2.56. The number of rotatable bonds is 3. The zero-order chi connectivity index (χ0) is 10.3. The molecule has 0 spiro atoms. The van der Waals surface area contributed by atoms with Crippen molar-refractivity contribution in [3.8, 4) is 0 Å². The lowest BCUT2D eigenvalue weighted by Gasteiger charge is -2.17. The van der Waals surface area contributed by atoms with Crippen molar-refractivity contribution in [1.29, 1.82) is 0 Å². The third kappa shape index (κ3) is 1.87. The van der Waals surface area contributed by atoms with E-state index in [0.29, 0.717) is 5.41 Å². The molecule has 0 N–H and O–H groups in total. The number of thioether (sulfide) groups is 1. The fourth-order valence-corrected chi connectivity index (χ4v) is 4.53. The second-order valence-corrected chi connectivity index (χ2v) is 6.51. The summed E-state index contributed by atoms with van der Waals surface area (Å²) in [7, 11) is 0. The van der Waals surface area contributed by atoms with Gasteiger partial charge in [-0.1, -0.05) is 34.1 Å². The molecule has 1 unspecified atom stereocenters. The molecule has 0 nitrogen and oxygen atoms in total. The van der Waals surface area contributed by atoms with Gasteiger partial charge >= 0.3 is 0 Å². The van der Waals surface area contributed by atoms with Crippen LogP contribution in [-0.2, 0) is 0 Å². The first-order valence-electron chi connectivity index (χ1n) is 5.61. The average molecular weight is 283 g/mol. The second kappa shape index (κ2) is 3.81. The molecular weight excluding hydrogens is 268 g/mol. The van der Waals surface area contributed by atoms with Gasteiger partial charge < -0.3 is 0 Å². The lowest BCUT2D eigenvalue weighted by molar-refractivity contribution is 0.483. The monoisotopic (exact) mass is 282 g/mol. The maximum Gasteiger partial charge on any atom is 0.0107 e. The van der Waals surface area contributed by atoms with Crippen molar-refractivity contribution in [3.63, 3.8) is 0 Å². The van der Waals surface area contributed by atoms with Crippen molar-refractivity contribution in [2.24, 2.45) is 5.41 Å². The molecule has 0 aromatic heterocycles. The van der Waals surface area contributed by atoms with E-state index < -0.39 is 0 Å². The molecule has 0 saturated heterocycles. The Bertz CT molecular complexity index is 371. The topological polar surface area (TPSA) is 0 Å². The van der Waals surface area contributed by atoms with Gasteiger partial charge in [-0.2, -0.15) is 0 Å². The maximum atomic E-state index is 3.67. The van der Waals surface area contributed by atoms with Crippen LogP contribution in [-0.4, -0.2) is 11.1 Å². The predicted octanol–water partition coefficient (Wildman–Crippen LogP) is 4.44. The van der Waals surface area contributed by atoms with E-state index in [2.05, 4.69) is 40.2 Å². The number of hydrogen-bond donors (Lipinski definition) is 0. The van der Waals surface area contributed by atoms with Gasteiger partial charge in [-0.3, -0.25) is 0 Å². The summed E-state index contributed by atoms with van der Waals surface area (Å²) in [4.78, 5) is 1.52. The summed E-state index contributed by atoms with van der Waals surface area (Å²) in [5.74, 6) is 2.11. The molecule has 1 aliphatic heterocycles. The lowest BCUT2D eigenvalue weighted by Crippen LogP contribution is -2.09. The highest BCUT2D eigenvalue weighted by atomic mass is 79.9. The number of benzene rings is 1. The van der Waals surface area contributed by atoms with E-state index in [9.17, 15) is 0 Å². The SMILES string of the molecule is BrCC1(CC2CSc3ccccc32)CC1. The number of halogens is 1. The number of fused-ring (bicyclic) bond motifs is 1. The van der Waals surface area contributed by atoms with Gasteiger partial charge in [0.1, 0.15) is 0 Å². The average Bonchev–Trinajstić information content (AvgIpc) is 2.95. The van der Waals surface area contributed by atoms with E-state index in [1.807, 2.05) is 11.8 Å². The van der Waals surface area contributed by atoms with Crippen molar-refractivity contribution in [1.82, 2.24) is 0 Å². The van der Waals surface area contributed by atoms with Crippen LogP contribution in [0, 0.1) is 5.41 Å². The highest BCUT2D eigenvalue weighted by Gasteiger charge is 2.44. The fourth-order valence-electron chi connectivity index (χ4n) is 2.49. The maximum absolute atomic E-state index is 3.67. The molecule has 15 heavy (non-hydrogen) atoms. The summed E-state index contributed by atoms with van der Waals surface area (Å²) in [6.07, 6.45) is 4.26. The van der Waals surface area contributed by atoms with Crippen LogP contribution in [0.1, 0.15) is 30.7 Å². The summed E-state index contributed by atoms with van der Waals surface area (Å²) < 4.78 is 0. The molecule has 1 saturated carbocycles. The Morgan fingerprint density at radius 2 is 2.13 bits per heavy atom. The van der Waals surface area contributed by atoms with Crippen molar-refractivity contribution in [2.45, 2.75) is 30.1 Å². The molecule has 1 aliphatic carbocycles. The zero-order valence-corrected chi connectivity index (χ0v) is 11.1. The molecule has 1 aromatic carbocycles. The third-order valence-electron chi connectivity index (χ3n) is 3.72. The van der Waals surface area contributed by atoms with Crippen LogP contribution in [0.3, 0.4) is 0 Å². The van der Waals surface area contributed by atoms with Gasteiger partial charge in [0.25, 0.3) is 0 Å². The molecule has 0 radical (unpaired) electrons. The van der Waals surface area contributed by atoms with Crippen molar-refractivity contribution in [3.05, 3.63) is 29.8 Å². The Kier molecular flexibility index (Phi) is 2.60. The van der Waals surface area contributed by atoms with E-state index in [0.717, 1.165) is 5.92 Å². The quantitative estimate of drug-likeness (QED) is 0.739. The summed E-state index contributed by atoms with van der Waals surface area (Å²) in [6, 6.07) is 8.94. The number of alkyl halides is 1. The van der Waals surface area contributed by atoms with Crippen molar-refractivity contribution < 1.29 is 0 Å². The fraction of sp³-hybridized carbons (Fsp3) is 0.538. The highest BCUT2D eigenvalue weighted by molar-refractivity contribution is 9.09. The van der Waals surface area contributed by atoms with Crippen LogP contribution in [0.15, 0.2) is 29.2 Å². The van der Waals surface area contributed by atoms with Crippen LogP contribution in [0.4, 0.5) is 0 Å². The van der Waals surface area contributed by atoms with E-state index >= 15 is 0 Å². The molecule has 80 valence electrons. The molecule has 2 aliphatic rings. The standard InChI is InChI=1S/C13H15BrS/c14-9-13(5-6-13)7-10-8-15-12-4-2-1-3-11(10)12/h1-4,10H,5-9H2. The van der Waals surface area contributed by atoms with Gasteiger partial charge in [-0.05, 0) is 42.2 Å². The molecular formula is C13H15BrS. The summed E-state index contributed by atoms with van der Waals surface area (Å²) >= 11 is 5.71. The van der Waals surface area contributed by atoms with E-state index in [4.69, 9.17) is 0 Å². The zero-order valence-electron chi connectivity index (χ0n) is 8.71. The number of hydrogen-bond acceptors (Lipinski definition) is 1. The molecule has 0 amide bonds. The molecule has 1 atom stereocenters. The van der Waals surface area contributed by atoms with Crippen LogP contribution in [0.5, 0.6) is 0 Å². The second-order valence-electron chi connectivity index (χ2n) is 4.88. The first-order valence-corrected chi connectivity index (χ1v) is 7.71. The minimum Gasteiger partial charge on any atom is -0.125 e. The van der Waals surface area contributed by atoms with Crippen LogP contribution in [0.25, 0.3) is 0 Å². The first kappa shape index (κ1) is 10.2. The van der Waals surface area contributed by atoms with Gasteiger partial charge in [0.15, 0.2) is 0 Å². The molecule has 2 heteroatoms. The largest absolute Gasteiger partial charge is 0.125 e. The minimum atomic E-state index is 0.655. The van der Waals surface area contributed by atoms with Crippen LogP contribution < -0.4 is 0 Å². The molecule has 0 bridgehead atoms. The van der Waals surface area contributed by atoms with E-state index in [1.165, 1.54) is 35.2 Å². The van der Waals surface area contributed by atoms with Crippen LogP contribution in [0.2, 0.25) is 0 Å². The van der Waals surface area contributed by atoms with Gasteiger partial charge in [0.2, 0.25) is 0 Å². The Morgan fingerprint density at radius 3 is 2.87 bits per heavy atom. The molecule has 1 fully saturated rings. The lowest BCUT2D eigenvalue weighted by atomic mass is 9.89. The molecule has 1 aromatic rings. The van der Waals surface area contributed by atoms with E-state index in [-0.39, 0.29) is 0 Å². The van der Waals surface area contributed by atoms with Gasteiger partial charge in [0.05, 0.1) is 0 Å². The van der Waals surface area contributed by atoms with Gasteiger partial charge in [0, 0.05) is 16.0 Å². The smallest absolute Gasteiger partial charge is 0.0107 e. The Hall–Kier alpha value is 0.0500. The normalized spacial score (nSPS) is 26.3. The Labute approximate surface area is 104 Å². The Balaban J connectivity index is 1.79. The van der Waals surface area contributed by atoms with Gasteiger partial charge in [-0.25, -0.2) is 0 Å². The summed E-state index contributed by atoms with van der Waals surface area (Å²) in [5, 5.41) is 1.20. The Morgan fingerprint density at radius 1 is 1.33 bits per heavy atom. The first-order chi connectivity index (χ1) is 7.33. The third-order valence-corrected chi connectivity index (χ3v) is 6.16. The van der Waals surface area contributed by atoms with Crippen LogP contribution >= 0.6 is 27.7 Å². The summed E-state index contributed by atoms with van der Waals surface area (Å²) in [6.45, 7) is 0. The van der Waals surface area contributed by atoms with Crippen molar-refractivity contribution in [2.75, 3.05) is 11.1 Å².